The molecule has 1 atom stereocenters. The second kappa shape index (κ2) is 5.09. The number of hydrogen-bond acceptors (Lipinski definition) is 6. The van der Waals surface area contributed by atoms with E-state index in [-0.39, 0.29) is 19.1 Å². The molecule has 2 aromatic rings. The molecule has 21 heavy (non-hydrogen) atoms. The predicted molar refractivity (Wildman–Crippen MR) is 68.8 cm³/mol. The van der Waals surface area contributed by atoms with Gasteiger partial charge >= 0.3 is 5.97 Å². The van der Waals surface area contributed by atoms with Crippen LogP contribution in [0.5, 0.6) is 0 Å². The van der Waals surface area contributed by atoms with Crippen LogP contribution in [-0.4, -0.2) is 67.3 Å². The number of aliphatic carboxylic acids is 1. The lowest BCUT2D eigenvalue weighted by atomic mass is 10.2. The molecule has 9 heteroatoms. The van der Waals surface area contributed by atoms with Gasteiger partial charge in [0.05, 0.1) is 24.4 Å². The number of carboxylic acids is 1. The Morgan fingerprint density at radius 3 is 3.00 bits per heavy atom. The molecular weight excluding hydrogens is 278 g/mol. The van der Waals surface area contributed by atoms with E-state index in [9.17, 15) is 9.59 Å². The van der Waals surface area contributed by atoms with Crippen molar-refractivity contribution in [2.45, 2.75) is 13.0 Å². The van der Waals surface area contributed by atoms with Gasteiger partial charge in [0.2, 0.25) is 0 Å². The summed E-state index contributed by atoms with van der Waals surface area (Å²) in [4.78, 5) is 33.0. The SMILES string of the molecule is Cc1c(C(=O)N2CCOC(C(=O)O)C2)cnc2ncnn12. The summed E-state index contributed by atoms with van der Waals surface area (Å²) in [6.45, 7) is 2.30. The van der Waals surface area contributed by atoms with Crippen LogP contribution in [0.1, 0.15) is 16.1 Å². The summed E-state index contributed by atoms with van der Waals surface area (Å²) in [5.74, 6) is -0.949. The Bertz CT molecular complexity index is 713. The summed E-state index contributed by atoms with van der Waals surface area (Å²) in [6.07, 6.45) is 1.80. The first kappa shape index (κ1) is 13.4. The molecule has 110 valence electrons. The Morgan fingerprint density at radius 2 is 2.24 bits per heavy atom. The Morgan fingerprint density at radius 1 is 1.43 bits per heavy atom. The number of carboxylic acid groups (broad SMARTS) is 1. The Kier molecular flexibility index (Phi) is 3.26. The van der Waals surface area contributed by atoms with E-state index in [1.54, 1.807) is 6.92 Å². The summed E-state index contributed by atoms with van der Waals surface area (Å²) >= 11 is 0. The number of ether oxygens (including phenoxy) is 1. The molecule has 0 radical (unpaired) electrons. The van der Waals surface area contributed by atoms with Crippen LogP contribution in [-0.2, 0) is 9.53 Å². The topological polar surface area (TPSA) is 110 Å². The molecule has 1 fully saturated rings. The fourth-order valence-corrected chi connectivity index (χ4v) is 2.25. The number of aromatic nitrogens is 4. The summed E-state index contributed by atoms with van der Waals surface area (Å²) in [6, 6.07) is 0. The minimum Gasteiger partial charge on any atom is -0.479 e. The normalized spacial score (nSPS) is 18.9. The van der Waals surface area contributed by atoms with Crippen LogP contribution < -0.4 is 0 Å². The van der Waals surface area contributed by atoms with E-state index in [1.165, 1.54) is 21.9 Å². The lowest BCUT2D eigenvalue weighted by Gasteiger charge is -2.31. The average molecular weight is 291 g/mol. The van der Waals surface area contributed by atoms with Crippen LogP contribution in [0.25, 0.3) is 5.78 Å². The molecule has 0 aliphatic carbocycles. The maximum absolute atomic E-state index is 12.5. The Hall–Kier alpha value is -2.55. The Balaban J connectivity index is 1.89. The molecule has 2 aromatic heterocycles. The minimum absolute atomic E-state index is 0.0169. The highest BCUT2D eigenvalue weighted by molar-refractivity contribution is 5.95. The van der Waals surface area contributed by atoms with Gasteiger partial charge in [-0.1, -0.05) is 0 Å². The zero-order valence-corrected chi connectivity index (χ0v) is 11.3. The monoisotopic (exact) mass is 291 g/mol. The van der Waals surface area contributed by atoms with E-state index in [0.29, 0.717) is 23.6 Å². The summed E-state index contributed by atoms with van der Waals surface area (Å²) in [5.41, 5.74) is 0.986. The number of nitrogens with zero attached hydrogens (tertiary/aromatic N) is 5. The molecular formula is C12H13N5O4. The second-order valence-electron chi connectivity index (χ2n) is 4.68. The molecule has 0 aromatic carbocycles. The highest BCUT2D eigenvalue weighted by atomic mass is 16.5. The number of fused-ring (bicyclic) bond motifs is 1. The van der Waals surface area contributed by atoms with Crippen LogP contribution in [0.3, 0.4) is 0 Å². The van der Waals surface area contributed by atoms with Crippen molar-refractivity contribution in [3.63, 3.8) is 0 Å². The van der Waals surface area contributed by atoms with E-state index >= 15 is 0 Å². The van der Waals surface area contributed by atoms with E-state index in [1.807, 2.05) is 0 Å². The van der Waals surface area contributed by atoms with Gasteiger partial charge in [-0.15, -0.1) is 0 Å². The molecule has 3 heterocycles. The highest BCUT2D eigenvalue weighted by Gasteiger charge is 2.30. The maximum atomic E-state index is 12.5. The number of hydrogen-bond donors (Lipinski definition) is 1. The molecule has 1 unspecified atom stereocenters. The summed E-state index contributed by atoms with van der Waals surface area (Å²) in [5, 5.41) is 13.0. The zero-order valence-electron chi connectivity index (χ0n) is 11.3. The number of carbonyl (C=O) groups is 2. The van der Waals surface area contributed by atoms with Gasteiger partial charge in [0.15, 0.2) is 6.10 Å². The van der Waals surface area contributed by atoms with Crippen molar-refractivity contribution in [2.75, 3.05) is 19.7 Å². The quantitative estimate of drug-likeness (QED) is 0.783. The Labute approximate surface area is 119 Å². The van der Waals surface area contributed by atoms with E-state index < -0.39 is 12.1 Å². The molecule has 1 aliphatic rings. The molecule has 0 saturated carbocycles. The standard InChI is InChI=1S/C12H13N5O4/c1-7-8(4-13-12-14-6-15-17(7)12)10(18)16-2-3-21-9(5-16)11(19)20/h4,6,9H,2-3,5H2,1H3,(H,19,20). The van der Waals surface area contributed by atoms with E-state index in [4.69, 9.17) is 9.84 Å². The zero-order chi connectivity index (χ0) is 15.0. The van der Waals surface area contributed by atoms with Crippen LogP contribution in [0.2, 0.25) is 0 Å². The highest BCUT2D eigenvalue weighted by Crippen LogP contribution is 2.14. The van der Waals surface area contributed by atoms with Gasteiger partial charge in [-0.3, -0.25) is 4.79 Å². The average Bonchev–Trinajstić information content (AvgIpc) is 2.96. The smallest absolute Gasteiger partial charge is 0.334 e. The van der Waals surface area contributed by atoms with Gasteiger partial charge in [-0.25, -0.2) is 14.3 Å². The molecule has 1 aliphatic heterocycles. The molecule has 1 saturated heterocycles. The first-order valence-electron chi connectivity index (χ1n) is 6.37. The van der Waals surface area contributed by atoms with E-state index in [0.717, 1.165) is 0 Å². The molecule has 3 rings (SSSR count). The third-order valence-electron chi connectivity index (χ3n) is 3.41. The predicted octanol–water partition coefficient (Wildman–Crippen LogP) is -0.642. The largest absolute Gasteiger partial charge is 0.479 e. The maximum Gasteiger partial charge on any atom is 0.334 e. The first-order valence-corrected chi connectivity index (χ1v) is 6.37. The number of morpholine rings is 1. The number of rotatable bonds is 2. The van der Waals surface area contributed by atoms with Gasteiger partial charge < -0.3 is 14.7 Å². The van der Waals surface area contributed by atoms with Gasteiger partial charge in [0, 0.05) is 12.7 Å². The van der Waals surface area contributed by atoms with Crippen molar-refractivity contribution in [1.29, 1.82) is 0 Å². The lowest BCUT2D eigenvalue weighted by Crippen LogP contribution is -2.48. The molecule has 0 bridgehead atoms. The second-order valence-corrected chi connectivity index (χ2v) is 4.68. The molecule has 1 N–H and O–H groups in total. The number of aryl methyl sites for hydroxylation is 1. The molecule has 1 amide bonds. The summed E-state index contributed by atoms with van der Waals surface area (Å²) in [7, 11) is 0. The molecule has 9 nitrogen and oxygen atoms in total. The van der Waals surface area contributed by atoms with Crippen molar-refractivity contribution < 1.29 is 19.4 Å². The van der Waals surface area contributed by atoms with Crippen LogP contribution in [0, 0.1) is 6.92 Å². The first-order chi connectivity index (χ1) is 10.1. The number of amides is 1. The van der Waals surface area contributed by atoms with Crippen molar-refractivity contribution in [1.82, 2.24) is 24.5 Å². The van der Waals surface area contributed by atoms with Crippen molar-refractivity contribution in [3.8, 4) is 0 Å². The van der Waals surface area contributed by atoms with Gasteiger partial charge in [-0.05, 0) is 6.92 Å². The van der Waals surface area contributed by atoms with Crippen LogP contribution >= 0.6 is 0 Å². The van der Waals surface area contributed by atoms with Gasteiger partial charge in [-0.2, -0.15) is 10.1 Å². The van der Waals surface area contributed by atoms with E-state index in [2.05, 4.69) is 15.1 Å². The third kappa shape index (κ3) is 2.31. The fraction of sp³-hybridized carbons (Fsp3) is 0.417. The van der Waals surface area contributed by atoms with Crippen LogP contribution in [0.15, 0.2) is 12.5 Å². The fourth-order valence-electron chi connectivity index (χ4n) is 2.25. The minimum atomic E-state index is -1.07. The number of carbonyl (C=O) groups excluding carboxylic acids is 1. The third-order valence-corrected chi connectivity index (χ3v) is 3.41. The van der Waals surface area contributed by atoms with Gasteiger partial charge in [0.1, 0.15) is 6.33 Å². The molecule has 0 spiro atoms. The van der Waals surface area contributed by atoms with Crippen LogP contribution in [0.4, 0.5) is 0 Å². The van der Waals surface area contributed by atoms with Crippen molar-refractivity contribution in [3.05, 3.63) is 23.8 Å². The van der Waals surface area contributed by atoms with Gasteiger partial charge in [0.25, 0.3) is 11.7 Å². The lowest BCUT2D eigenvalue weighted by molar-refractivity contribution is -0.154. The van der Waals surface area contributed by atoms with Crippen molar-refractivity contribution in [2.24, 2.45) is 0 Å². The van der Waals surface area contributed by atoms with Crippen molar-refractivity contribution >= 4 is 17.7 Å². The summed E-state index contributed by atoms with van der Waals surface area (Å²) < 4.78 is 6.58.